The Hall–Kier alpha value is -3.03. The lowest BCUT2D eigenvalue weighted by Gasteiger charge is -2.30. The first kappa shape index (κ1) is 21.2. The molecule has 0 saturated carbocycles. The van der Waals surface area contributed by atoms with Crippen molar-refractivity contribution < 1.29 is 23.9 Å². The van der Waals surface area contributed by atoms with E-state index in [0.717, 1.165) is 11.1 Å². The average molecular weight is 443 g/mol. The third-order valence-corrected chi connectivity index (χ3v) is 5.69. The Morgan fingerprint density at radius 3 is 2.42 bits per heavy atom. The van der Waals surface area contributed by atoms with Gasteiger partial charge in [-0.2, -0.15) is 0 Å². The molecule has 31 heavy (non-hydrogen) atoms. The van der Waals surface area contributed by atoms with Gasteiger partial charge in [0, 0.05) is 23.7 Å². The fraction of sp³-hybridized carbons (Fsp3) is 0.304. The minimum atomic E-state index is -0.978. The van der Waals surface area contributed by atoms with Crippen molar-refractivity contribution in [1.29, 1.82) is 0 Å². The van der Waals surface area contributed by atoms with Crippen molar-refractivity contribution >= 4 is 17.5 Å². The summed E-state index contributed by atoms with van der Waals surface area (Å²) in [5.41, 5.74) is 3.44. The van der Waals surface area contributed by atoms with Gasteiger partial charge in [-0.05, 0) is 48.7 Å². The summed E-state index contributed by atoms with van der Waals surface area (Å²) in [5.74, 6) is 1.18. The van der Waals surface area contributed by atoms with Crippen molar-refractivity contribution in [2.24, 2.45) is 0 Å². The largest absolute Gasteiger partial charge is 0.493 e. The molecule has 7 nitrogen and oxygen atoms in total. The Kier molecular flexibility index (Phi) is 5.89. The predicted octanol–water partition coefficient (Wildman–Crippen LogP) is 4.26. The SMILES string of the molecule is COc1cc2c(cc1OC)CN(C(=O)c1c(-c3ccc(Cl)cc3)noc1[C@H](C)O)CC2. The Morgan fingerprint density at radius 1 is 1.16 bits per heavy atom. The Labute approximate surface area is 185 Å². The predicted molar refractivity (Wildman–Crippen MR) is 116 cm³/mol. The van der Waals surface area contributed by atoms with Crippen LogP contribution in [0.3, 0.4) is 0 Å². The highest BCUT2D eigenvalue weighted by Crippen LogP contribution is 2.35. The zero-order valence-corrected chi connectivity index (χ0v) is 18.3. The van der Waals surface area contributed by atoms with Gasteiger partial charge >= 0.3 is 0 Å². The lowest BCUT2D eigenvalue weighted by atomic mass is 9.97. The molecule has 162 valence electrons. The van der Waals surface area contributed by atoms with Crippen LogP contribution in [-0.4, -0.2) is 41.8 Å². The van der Waals surface area contributed by atoms with Crippen molar-refractivity contribution in [3.8, 4) is 22.8 Å². The second-order valence-corrected chi connectivity index (χ2v) is 7.84. The topological polar surface area (TPSA) is 85.0 Å². The Morgan fingerprint density at radius 2 is 1.81 bits per heavy atom. The molecule has 8 heteroatoms. The molecule has 0 radical (unpaired) electrons. The van der Waals surface area contributed by atoms with E-state index in [2.05, 4.69) is 5.16 Å². The highest BCUT2D eigenvalue weighted by Gasteiger charge is 2.32. The number of aromatic nitrogens is 1. The first-order chi connectivity index (χ1) is 14.9. The van der Waals surface area contributed by atoms with Gasteiger partial charge in [0.05, 0.1) is 14.2 Å². The molecule has 1 aliphatic heterocycles. The number of amides is 1. The number of aliphatic hydroxyl groups is 1. The minimum absolute atomic E-state index is 0.146. The lowest BCUT2D eigenvalue weighted by Crippen LogP contribution is -2.36. The molecule has 1 amide bonds. The minimum Gasteiger partial charge on any atom is -0.493 e. The van der Waals surface area contributed by atoms with E-state index in [1.807, 2.05) is 12.1 Å². The van der Waals surface area contributed by atoms with Crippen LogP contribution in [0.15, 0.2) is 40.9 Å². The van der Waals surface area contributed by atoms with Gasteiger partial charge < -0.3 is 24.0 Å². The molecule has 0 saturated heterocycles. The second-order valence-electron chi connectivity index (χ2n) is 7.41. The molecule has 0 fully saturated rings. The maximum Gasteiger partial charge on any atom is 0.260 e. The van der Waals surface area contributed by atoms with Crippen LogP contribution in [0.5, 0.6) is 11.5 Å². The van der Waals surface area contributed by atoms with Crippen LogP contribution in [0, 0.1) is 0 Å². The Balaban J connectivity index is 1.70. The molecule has 1 aliphatic rings. The summed E-state index contributed by atoms with van der Waals surface area (Å²) >= 11 is 5.99. The molecule has 0 bridgehead atoms. The van der Waals surface area contributed by atoms with Crippen LogP contribution in [0.2, 0.25) is 5.02 Å². The summed E-state index contributed by atoms with van der Waals surface area (Å²) in [6, 6.07) is 10.8. The summed E-state index contributed by atoms with van der Waals surface area (Å²) < 4.78 is 16.2. The summed E-state index contributed by atoms with van der Waals surface area (Å²) in [5, 5.41) is 14.8. The smallest absolute Gasteiger partial charge is 0.260 e. The van der Waals surface area contributed by atoms with Gasteiger partial charge in [0.15, 0.2) is 17.3 Å². The van der Waals surface area contributed by atoms with Crippen molar-refractivity contribution in [3.63, 3.8) is 0 Å². The molecule has 3 aromatic rings. The summed E-state index contributed by atoms with van der Waals surface area (Å²) in [6.45, 7) is 2.47. The highest BCUT2D eigenvalue weighted by atomic mass is 35.5. The molecule has 4 rings (SSSR count). The first-order valence-corrected chi connectivity index (χ1v) is 10.3. The summed E-state index contributed by atoms with van der Waals surface area (Å²) in [6.07, 6.45) is -0.304. The number of carbonyl (C=O) groups excluding carboxylic acids is 1. The molecule has 1 N–H and O–H groups in total. The monoisotopic (exact) mass is 442 g/mol. The first-order valence-electron chi connectivity index (χ1n) is 9.89. The van der Waals surface area contributed by atoms with Crippen molar-refractivity contribution in [2.75, 3.05) is 20.8 Å². The maximum absolute atomic E-state index is 13.6. The third-order valence-electron chi connectivity index (χ3n) is 5.43. The van der Waals surface area contributed by atoms with Gasteiger partial charge in [-0.1, -0.05) is 28.9 Å². The molecule has 0 unspecified atom stereocenters. The van der Waals surface area contributed by atoms with E-state index in [1.54, 1.807) is 50.3 Å². The molecule has 2 heterocycles. The van der Waals surface area contributed by atoms with Crippen molar-refractivity contribution in [3.05, 3.63) is 63.9 Å². The second kappa shape index (κ2) is 8.61. The number of aliphatic hydroxyl groups excluding tert-OH is 1. The number of benzene rings is 2. The van der Waals surface area contributed by atoms with Crippen LogP contribution < -0.4 is 9.47 Å². The lowest BCUT2D eigenvalue weighted by molar-refractivity contribution is 0.0723. The number of hydrogen-bond donors (Lipinski definition) is 1. The number of rotatable bonds is 5. The molecule has 0 spiro atoms. The number of carbonyl (C=O) groups is 1. The van der Waals surface area contributed by atoms with E-state index in [4.69, 9.17) is 25.6 Å². The molecular weight excluding hydrogens is 420 g/mol. The van der Waals surface area contributed by atoms with Crippen molar-refractivity contribution in [2.45, 2.75) is 26.0 Å². The van der Waals surface area contributed by atoms with Gasteiger partial charge in [0.1, 0.15) is 17.4 Å². The highest BCUT2D eigenvalue weighted by molar-refractivity contribution is 6.30. The number of halogens is 1. The number of hydrogen-bond acceptors (Lipinski definition) is 6. The molecular formula is C23H23ClN2O5. The number of nitrogens with zero attached hydrogens (tertiary/aromatic N) is 2. The van der Waals surface area contributed by atoms with E-state index in [9.17, 15) is 9.90 Å². The summed E-state index contributed by atoms with van der Waals surface area (Å²) in [4.78, 5) is 15.3. The van der Waals surface area contributed by atoms with Gasteiger partial charge in [0.25, 0.3) is 5.91 Å². The van der Waals surface area contributed by atoms with E-state index < -0.39 is 6.10 Å². The van der Waals surface area contributed by atoms with Crippen LogP contribution in [0.4, 0.5) is 0 Å². The van der Waals surface area contributed by atoms with E-state index >= 15 is 0 Å². The van der Waals surface area contributed by atoms with Crippen LogP contribution in [0.1, 0.15) is 40.3 Å². The number of ether oxygens (including phenoxy) is 2. The molecule has 2 aromatic carbocycles. The van der Waals surface area contributed by atoms with Gasteiger partial charge in [-0.15, -0.1) is 0 Å². The Bertz CT molecular complexity index is 1110. The standard InChI is InChI=1S/C23H23ClN2O5/c1-13(27)22-20(21(25-31-22)14-4-6-17(24)7-5-14)23(28)26-9-8-15-10-18(29-2)19(30-3)11-16(15)12-26/h4-7,10-11,13,27H,8-9,12H2,1-3H3/t13-/m0/s1. The normalized spacial score (nSPS) is 14.2. The third kappa shape index (κ3) is 3.98. The molecule has 0 aliphatic carbocycles. The van der Waals surface area contributed by atoms with Gasteiger partial charge in [-0.25, -0.2) is 0 Å². The summed E-state index contributed by atoms with van der Waals surface area (Å²) in [7, 11) is 3.19. The zero-order chi connectivity index (χ0) is 22.1. The average Bonchev–Trinajstić information content (AvgIpc) is 3.23. The fourth-order valence-corrected chi connectivity index (χ4v) is 3.94. The van der Waals surface area contributed by atoms with Gasteiger partial charge in [-0.3, -0.25) is 4.79 Å². The number of methoxy groups -OCH3 is 2. The van der Waals surface area contributed by atoms with Crippen LogP contribution in [0.25, 0.3) is 11.3 Å². The van der Waals surface area contributed by atoms with E-state index in [0.29, 0.717) is 47.3 Å². The van der Waals surface area contributed by atoms with Crippen LogP contribution >= 0.6 is 11.6 Å². The van der Waals surface area contributed by atoms with E-state index in [-0.39, 0.29) is 17.2 Å². The molecule has 1 atom stereocenters. The van der Waals surface area contributed by atoms with E-state index in [1.165, 1.54) is 0 Å². The zero-order valence-electron chi connectivity index (χ0n) is 17.5. The number of fused-ring (bicyclic) bond motifs is 1. The van der Waals surface area contributed by atoms with Crippen LogP contribution in [-0.2, 0) is 13.0 Å². The van der Waals surface area contributed by atoms with Gasteiger partial charge in [0.2, 0.25) is 0 Å². The van der Waals surface area contributed by atoms with Crippen molar-refractivity contribution in [1.82, 2.24) is 10.1 Å². The quantitative estimate of drug-likeness (QED) is 0.635. The molecule has 1 aromatic heterocycles. The fourth-order valence-electron chi connectivity index (χ4n) is 3.81. The maximum atomic E-state index is 13.6.